The highest BCUT2D eigenvalue weighted by Gasteiger charge is 2.28. The molecule has 0 saturated carbocycles. The van der Waals surface area contributed by atoms with Gasteiger partial charge in [-0.1, -0.05) is 23.7 Å². The Morgan fingerprint density at radius 3 is 2.39 bits per heavy atom. The molecule has 0 atom stereocenters. The number of urea groups is 1. The van der Waals surface area contributed by atoms with Crippen LogP contribution in [0.15, 0.2) is 45.8 Å². The summed E-state index contributed by atoms with van der Waals surface area (Å²) in [4.78, 5) is 14.2. The average molecular weight is 490 g/mol. The van der Waals surface area contributed by atoms with E-state index < -0.39 is 26.7 Å². The molecule has 1 saturated heterocycles. The number of benzene rings is 2. The number of anilines is 2. The summed E-state index contributed by atoms with van der Waals surface area (Å²) >= 11 is 9.34. The molecule has 1 fully saturated rings. The highest BCUT2D eigenvalue weighted by molar-refractivity contribution is 9.10. The Morgan fingerprint density at radius 2 is 1.71 bits per heavy atom. The summed E-state index contributed by atoms with van der Waals surface area (Å²) in [6.45, 7) is 1.15. The van der Waals surface area contributed by atoms with Gasteiger partial charge in [-0.05, 0) is 53.0 Å². The molecule has 0 aromatic heterocycles. The van der Waals surface area contributed by atoms with Gasteiger partial charge in [0.2, 0.25) is 0 Å². The number of hydrogen-bond donors (Lipinski definition) is 4. The molecule has 1 heterocycles. The number of para-hydroxylation sites is 1. The second kappa shape index (κ2) is 8.66. The first-order chi connectivity index (χ1) is 13.3. The molecule has 28 heavy (non-hydrogen) atoms. The highest BCUT2D eigenvalue weighted by atomic mass is 79.9. The van der Waals surface area contributed by atoms with E-state index in [1.54, 1.807) is 29.3 Å². The molecule has 0 radical (unpaired) electrons. The number of rotatable bonds is 5. The number of phenolic OH excluding ortho intramolecular Hbond substituents is 1. The topological polar surface area (TPSA) is 111 Å². The number of halogens is 2. The zero-order valence-electron chi connectivity index (χ0n) is 14.6. The van der Waals surface area contributed by atoms with Crippen molar-refractivity contribution in [3.8, 4) is 5.75 Å². The Morgan fingerprint density at radius 1 is 1.07 bits per heavy atom. The average Bonchev–Trinajstić information content (AvgIpc) is 3.11. The van der Waals surface area contributed by atoms with Crippen molar-refractivity contribution in [3.63, 3.8) is 0 Å². The number of hydrazine groups is 1. The summed E-state index contributed by atoms with van der Waals surface area (Å²) in [6, 6.07) is 8.95. The van der Waals surface area contributed by atoms with Crippen LogP contribution >= 0.6 is 27.5 Å². The maximum Gasteiger partial charge on any atom is 0.323 e. The van der Waals surface area contributed by atoms with Crippen molar-refractivity contribution in [1.29, 1.82) is 0 Å². The Kier molecular flexibility index (Phi) is 6.46. The normalized spacial score (nSPS) is 14.8. The predicted octanol–water partition coefficient (Wildman–Crippen LogP) is 3.74. The van der Waals surface area contributed by atoms with E-state index in [-0.39, 0.29) is 10.7 Å². The van der Waals surface area contributed by atoms with Gasteiger partial charge in [-0.15, -0.1) is 4.83 Å². The molecule has 0 aliphatic carbocycles. The van der Waals surface area contributed by atoms with Crippen LogP contribution in [0, 0.1) is 0 Å². The van der Waals surface area contributed by atoms with Gasteiger partial charge in [0, 0.05) is 17.6 Å². The van der Waals surface area contributed by atoms with Crippen molar-refractivity contribution in [3.05, 3.63) is 45.9 Å². The van der Waals surface area contributed by atoms with E-state index in [2.05, 4.69) is 31.4 Å². The minimum atomic E-state index is -4.11. The van der Waals surface area contributed by atoms with E-state index in [0.29, 0.717) is 23.2 Å². The predicted molar refractivity (Wildman–Crippen MR) is 111 cm³/mol. The molecule has 0 spiro atoms. The number of nitrogens with zero attached hydrogens (tertiary/aromatic N) is 1. The summed E-state index contributed by atoms with van der Waals surface area (Å²) in [6.07, 6.45) is 1.75. The van der Waals surface area contributed by atoms with Crippen LogP contribution in [0.3, 0.4) is 0 Å². The number of hydrogen-bond acceptors (Lipinski definition) is 5. The van der Waals surface area contributed by atoms with Gasteiger partial charge in [0.25, 0.3) is 10.0 Å². The van der Waals surface area contributed by atoms with Crippen molar-refractivity contribution < 1.29 is 18.3 Å². The van der Waals surface area contributed by atoms with Gasteiger partial charge in [-0.3, -0.25) is 0 Å². The number of nitrogens with one attached hydrogen (secondary N) is 3. The highest BCUT2D eigenvalue weighted by Crippen LogP contribution is 2.37. The molecular weight excluding hydrogens is 472 g/mol. The van der Waals surface area contributed by atoms with Gasteiger partial charge >= 0.3 is 6.03 Å². The van der Waals surface area contributed by atoms with Crippen molar-refractivity contribution in [2.24, 2.45) is 0 Å². The monoisotopic (exact) mass is 488 g/mol. The Balaban J connectivity index is 1.82. The third kappa shape index (κ3) is 4.76. The minimum absolute atomic E-state index is 0.0873. The molecule has 2 aromatic rings. The smallest absolute Gasteiger partial charge is 0.323 e. The largest absolute Gasteiger partial charge is 0.504 e. The lowest BCUT2D eigenvalue weighted by atomic mass is 10.3. The first-order valence-electron chi connectivity index (χ1n) is 8.39. The van der Waals surface area contributed by atoms with Crippen molar-refractivity contribution in [2.45, 2.75) is 17.7 Å². The van der Waals surface area contributed by atoms with Crippen LogP contribution in [0.1, 0.15) is 12.8 Å². The van der Waals surface area contributed by atoms with Gasteiger partial charge in [0.15, 0.2) is 5.75 Å². The summed E-state index contributed by atoms with van der Waals surface area (Å²) in [5.41, 5.74) is 0.424. The fourth-order valence-corrected chi connectivity index (χ4v) is 4.91. The lowest BCUT2D eigenvalue weighted by molar-refractivity contribution is 0.262. The number of sulfonamides is 1. The van der Waals surface area contributed by atoms with Crippen LogP contribution in [-0.4, -0.2) is 37.7 Å². The van der Waals surface area contributed by atoms with E-state index in [9.17, 15) is 18.3 Å². The van der Waals surface area contributed by atoms with Crippen LogP contribution < -0.4 is 15.5 Å². The Labute approximate surface area is 176 Å². The standard InChI is InChI=1S/C17H18BrClN4O4S/c18-11-5-1-2-6-13(11)20-17(25)21-14-8-7-12(19)16(15(14)24)28(26,27)22-23-9-3-4-10-23/h1-2,5-8,22,24H,3-4,9-10H2,(H2,20,21,25). The number of carbonyl (C=O) groups is 1. The molecule has 11 heteroatoms. The zero-order valence-corrected chi connectivity index (χ0v) is 17.7. The molecule has 1 aliphatic rings. The van der Waals surface area contributed by atoms with Crippen LogP contribution in [-0.2, 0) is 10.0 Å². The molecule has 150 valence electrons. The minimum Gasteiger partial charge on any atom is -0.504 e. The van der Waals surface area contributed by atoms with Crippen LogP contribution in [0.4, 0.5) is 16.2 Å². The molecule has 3 rings (SSSR count). The third-order valence-corrected chi connectivity index (χ3v) is 6.65. The molecule has 2 aromatic carbocycles. The summed E-state index contributed by atoms with van der Waals surface area (Å²) < 4.78 is 26.0. The first-order valence-corrected chi connectivity index (χ1v) is 11.0. The number of amides is 2. The van der Waals surface area contributed by atoms with Gasteiger partial charge in [-0.25, -0.2) is 18.2 Å². The SMILES string of the molecule is O=C(Nc1ccccc1Br)Nc1ccc(Cl)c(S(=O)(=O)NN2CCCC2)c1O. The number of aromatic hydroxyl groups is 1. The number of carbonyl (C=O) groups excluding carboxylic acids is 1. The fourth-order valence-electron chi connectivity index (χ4n) is 2.77. The van der Waals surface area contributed by atoms with Crippen LogP contribution in [0.5, 0.6) is 5.75 Å². The van der Waals surface area contributed by atoms with Crippen LogP contribution in [0.25, 0.3) is 0 Å². The van der Waals surface area contributed by atoms with Gasteiger partial charge in [0.1, 0.15) is 4.90 Å². The Hall–Kier alpha value is -1.85. The van der Waals surface area contributed by atoms with Gasteiger partial charge in [0.05, 0.1) is 16.4 Å². The molecular formula is C17H18BrClN4O4S. The summed E-state index contributed by atoms with van der Waals surface area (Å²) in [5, 5.41) is 16.9. The molecule has 4 N–H and O–H groups in total. The molecule has 0 unspecified atom stereocenters. The van der Waals surface area contributed by atoms with E-state index in [1.807, 2.05) is 0 Å². The fraction of sp³-hybridized carbons (Fsp3) is 0.235. The van der Waals surface area contributed by atoms with Gasteiger partial charge < -0.3 is 15.7 Å². The van der Waals surface area contributed by atoms with Crippen molar-refractivity contribution in [2.75, 3.05) is 23.7 Å². The molecule has 1 aliphatic heterocycles. The molecule has 8 nitrogen and oxygen atoms in total. The second-order valence-corrected chi connectivity index (χ2v) is 8.98. The lowest BCUT2D eigenvalue weighted by Crippen LogP contribution is -2.40. The summed E-state index contributed by atoms with van der Waals surface area (Å²) in [5.74, 6) is -0.638. The van der Waals surface area contributed by atoms with E-state index in [1.165, 1.54) is 12.1 Å². The van der Waals surface area contributed by atoms with E-state index in [0.717, 1.165) is 12.8 Å². The first kappa shape index (κ1) is 20.9. The second-order valence-electron chi connectivity index (χ2n) is 6.12. The Bertz CT molecular complexity index is 997. The third-order valence-electron chi connectivity index (χ3n) is 4.08. The maximum absolute atomic E-state index is 12.7. The molecule has 2 amide bonds. The maximum atomic E-state index is 12.7. The van der Waals surface area contributed by atoms with Crippen LogP contribution in [0.2, 0.25) is 5.02 Å². The summed E-state index contributed by atoms with van der Waals surface area (Å²) in [7, 11) is -4.11. The quantitative estimate of drug-likeness (QED) is 0.478. The zero-order chi connectivity index (χ0) is 20.3. The number of phenols is 1. The van der Waals surface area contributed by atoms with E-state index >= 15 is 0 Å². The molecule has 0 bridgehead atoms. The van der Waals surface area contributed by atoms with Gasteiger partial charge in [-0.2, -0.15) is 0 Å². The van der Waals surface area contributed by atoms with E-state index in [4.69, 9.17) is 11.6 Å². The van der Waals surface area contributed by atoms with Crippen molar-refractivity contribution >= 4 is 55.0 Å². The lowest BCUT2D eigenvalue weighted by Gasteiger charge is -2.19. The van der Waals surface area contributed by atoms with Crippen molar-refractivity contribution in [1.82, 2.24) is 9.84 Å².